The number of rotatable bonds is 13. The number of aromatic nitrogens is 4. The number of thiazole rings is 2. The number of anilines is 2. The summed E-state index contributed by atoms with van der Waals surface area (Å²) in [4.78, 5) is 22.1. The van der Waals surface area contributed by atoms with Gasteiger partial charge in [0.2, 0.25) is 0 Å². The Hall–Kier alpha value is -2.97. The number of ether oxygens (including phenoxy) is 2. The van der Waals surface area contributed by atoms with Gasteiger partial charge >= 0.3 is 5.97 Å². The quantitative estimate of drug-likeness (QED) is 0.115. The number of aliphatic hydroxyl groups excluding tert-OH is 1. The summed E-state index contributed by atoms with van der Waals surface area (Å²) in [5, 5.41) is 23.8. The summed E-state index contributed by atoms with van der Waals surface area (Å²) in [5.41, 5.74) is 3.04. The van der Waals surface area contributed by atoms with Crippen LogP contribution in [0.1, 0.15) is 35.0 Å². The van der Waals surface area contributed by atoms with Crippen molar-refractivity contribution in [1.82, 2.24) is 19.7 Å². The Bertz CT molecular complexity index is 1530. The predicted molar refractivity (Wildman–Crippen MR) is 163 cm³/mol. The van der Waals surface area contributed by atoms with Crippen molar-refractivity contribution in [3.63, 3.8) is 0 Å². The number of carbonyl (C=O) groups excluding carboxylic acids is 1. The molecule has 0 aliphatic rings. The highest BCUT2D eigenvalue weighted by Crippen LogP contribution is 2.29. The normalized spacial score (nSPS) is 12.3. The van der Waals surface area contributed by atoms with Gasteiger partial charge < -0.3 is 19.9 Å². The summed E-state index contributed by atoms with van der Waals surface area (Å²) < 4.78 is 14.3. The molecule has 1 aromatic carbocycles. The third-order valence-electron chi connectivity index (χ3n) is 6.12. The largest absolute Gasteiger partial charge is 0.461 e. The zero-order valence-electron chi connectivity index (χ0n) is 23.6. The molecule has 0 radical (unpaired) electrons. The maximum absolute atomic E-state index is 12.0. The van der Waals surface area contributed by atoms with Gasteiger partial charge in [0.15, 0.2) is 27.3 Å². The standard InChI is InChI=1S/C27H36N6O4S2Si/c1-6-37-25(35)20-16-38-26(28-20)29-24-19(10-9-13-34)18(2)23(31-32-24)30-27-33(17-36-14-15-40(3,4)5)21-11-7-8-12-22(21)39-27/h7-8,11-12,16,34H,6,9-10,13-15,17H2,1-5H3,(H,28,29,32)/b30-27-. The first-order valence-corrected chi connectivity index (χ1v) is 18.7. The molecule has 2 N–H and O–H groups in total. The van der Waals surface area contributed by atoms with Crippen LogP contribution in [0.5, 0.6) is 0 Å². The molecule has 0 saturated heterocycles. The molecular formula is C27H36N6O4S2Si. The van der Waals surface area contributed by atoms with Crippen LogP contribution in [-0.2, 0) is 22.6 Å². The van der Waals surface area contributed by atoms with E-state index in [1.807, 2.05) is 19.1 Å². The Balaban J connectivity index is 1.67. The lowest BCUT2D eigenvalue weighted by Crippen LogP contribution is -2.23. The van der Waals surface area contributed by atoms with Crippen LogP contribution in [0.2, 0.25) is 25.7 Å². The second-order valence-corrected chi connectivity index (χ2v) is 17.9. The number of nitrogens with zero attached hydrogens (tertiary/aromatic N) is 5. The fourth-order valence-corrected chi connectivity index (χ4v) is 6.36. The molecule has 0 saturated carbocycles. The number of nitrogens with one attached hydrogen (secondary N) is 1. The van der Waals surface area contributed by atoms with E-state index in [1.54, 1.807) is 23.6 Å². The van der Waals surface area contributed by atoms with Gasteiger partial charge in [-0.05, 0) is 44.9 Å². The van der Waals surface area contributed by atoms with E-state index in [-0.39, 0.29) is 18.9 Å². The summed E-state index contributed by atoms with van der Waals surface area (Å²) in [6, 6.07) is 9.28. The van der Waals surface area contributed by atoms with E-state index < -0.39 is 14.0 Å². The van der Waals surface area contributed by atoms with Crippen LogP contribution in [0, 0.1) is 6.92 Å². The van der Waals surface area contributed by atoms with Crippen LogP contribution in [0.15, 0.2) is 34.6 Å². The lowest BCUT2D eigenvalue weighted by Gasteiger charge is -2.15. The molecule has 4 rings (SSSR count). The molecule has 40 heavy (non-hydrogen) atoms. The molecule has 0 amide bonds. The van der Waals surface area contributed by atoms with E-state index in [0.717, 1.165) is 32.2 Å². The molecule has 0 spiro atoms. The minimum atomic E-state index is -1.20. The molecule has 4 aromatic rings. The Morgan fingerprint density at radius 2 is 2.02 bits per heavy atom. The van der Waals surface area contributed by atoms with Crippen LogP contribution in [0.3, 0.4) is 0 Å². The Morgan fingerprint density at radius 1 is 1.23 bits per heavy atom. The first-order valence-electron chi connectivity index (χ1n) is 13.3. The third kappa shape index (κ3) is 7.60. The van der Waals surface area contributed by atoms with Crippen LogP contribution in [-0.4, -0.2) is 58.7 Å². The van der Waals surface area contributed by atoms with Crippen LogP contribution in [0.4, 0.5) is 16.8 Å². The molecule has 3 aromatic heterocycles. The molecule has 0 bridgehead atoms. The zero-order chi connectivity index (χ0) is 28.7. The van der Waals surface area contributed by atoms with Gasteiger partial charge in [-0.15, -0.1) is 21.5 Å². The minimum absolute atomic E-state index is 0.0447. The highest BCUT2D eigenvalue weighted by molar-refractivity contribution is 7.16. The molecule has 0 aliphatic heterocycles. The lowest BCUT2D eigenvalue weighted by atomic mass is 10.1. The minimum Gasteiger partial charge on any atom is -0.461 e. The maximum atomic E-state index is 12.0. The summed E-state index contributed by atoms with van der Waals surface area (Å²) in [7, 11) is -1.20. The number of esters is 1. The van der Waals surface area contributed by atoms with Gasteiger partial charge in [-0.3, -0.25) is 4.57 Å². The number of carbonyl (C=O) groups is 1. The predicted octanol–water partition coefficient (Wildman–Crippen LogP) is 5.65. The van der Waals surface area contributed by atoms with E-state index in [9.17, 15) is 9.90 Å². The number of hydrogen-bond donors (Lipinski definition) is 2. The summed E-state index contributed by atoms with van der Waals surface area (Å²) >= 11 is 2.86. The average Bonchev–Trinajstić information content (AvgIpc) is 3.52. The molecule has 0 aliphatic carbocycles. The molecule has 0 atom stereocenters. The van der Waals surface area contributed by atoms with E-state index in [4.69, 9.17) is 14.5 Å². The summed E-state index contributed by atoms with van der Waals surface area (Å²) in [5.74, 6) is 0.561. The van der Waals surface area contributed by atoms with Crippen molar-refractivity contribution in [2.24, 2.45) is 4.99 Å². The second kappa shape index (κ2) is 13.6. The molecule has 3 heterocycles. The smallest absolute Gasteiger partial charge is 0.357 e. The van der Waals surface area contributed by atoms with Crippen molar-refractivity contribution in [1.29, 1.82) is 0 Å². The third-order valence-corrected chi connectivity index (χ3v) is 9.65. The number of hydrogen-bond acceptors (Lipinski definition) is 11. The van der Waals surface area contributed by atoms with Gasteiger partial charge in [0.1, 0.15) is 6.73 Å². The number of fused-ring (bicyclic) bond motifs is 1. The summed E-state index contributed by atoms with van der Waals surface area (Å²) in [6.07, 6.45) is 1.13. The molecule has 0 fully saturated rings. The fourth-order valence-electron chi connectivity index (χ4n) is 3.90. The number of aliphatic hydroxyl groups is 1. The molecule has 0 unspecified atom stereocenters. The van der Waals surface area contributed by atoms with Crippen LogP contribution >= 0.6 is 22.7 Å². The van der Waals surface area contributed by atoms with Gasteiger partial charge in [0, 0.05) is 37.8 Å². The number of benzene rings is 1. The highest BCUT2D eigenvalue weighted by Gasteiger charge is 2.18. The van der Waals surface area contributed by atoms with Gasteiger partial charge in [-0.25, -0.2) is 9.78 Å². The topological polar surface area (TPSA) is 124 Å². The van der Waals surface area contributed by atoms with E-state index in [0.29, 0.717) is 42.9 Å². The van der Waals surface area contributed by atoms with Crippen molar-refractivity contribution in [3.8, 4) is 0 Å². The maximum Gasteiger partial charge on any atom is 0.357 e. The molecular weight excluding hydrogens is 565 g/mol. The number of para-hydroxylation sites is 1. The van der Waals surface area contributed by atoms with Gasteiger partial charge in [-0.2, -0.15) is 4.99 Å². The van der Waals surface area contributed by atoms with Crippen molar-refractivity contribution >= 4 is 63.7 Å². The van der Waals surface area contributed by atoms with Crippen molar-refractivity contribution in [2.45, 2.75) is 59.1 Å². The highest BCUT2D eigenvalue weighted by atomic mass is 32.1. The molecule has 214 valence electrons. The SMILES string of the molecule is CCOC(=O)c1csc(Nc2nnc(/N=c3\sc4ccccc4n3COCC[Si](C)(C)C)c(C)c2CCCO)n1. The van der Waals surface area contributed by atoms with E-state index in [1.165, 1.54) is 11.3 Å². The zero-order valence-corrected chi connectivity index (χ0v) is 26.2. The molecule has 13 heteroatoms. The Morgan fingerprint density at radius 3 is 2.77 bits per heavy atom. The van der Waals surface area contributed by atoms with Gasteiger partial charge in [-0.1, -0.05) is 43.1 Å². The van der Waals surface area contributed by atoms with E-state index in [2.05, 4.69) is 56.8 Å². The van der Waals surface area contributed by atoms with Crippen molar-refractivity contribution in [2.75, 3.05) is 25.1 Å². The van der Waals surface area contributed by atoms with Gasteiger partial charge in [0.05, 0.1) is 16.8 Å². The molecule has 10 nitrogen and oxygen atoms in total. The first-order chi connectivity index (χ1) is 19.2. The lowest BCUT2D eigenvalue weighted by molar-refractivity contribution is 0.0520. The van der Waals surface area contributed by atoms with Crippen molar-refractivity contribution in [3.05, 3.63) is 51.3 Å². The Labute approximate surface area is 242 Å². The van der Waals surface area contributed by atoms with Crippen LogP contribution in [0.25, 0.3) is 10.2 Å². The first kappa shape index (κ1) is 30.0. The van der Waals surface area contributed by atoms with Crippen molar-refractivity contribution < 1.29 is 19.4 Å². The summed E-state index contributed by atoms with van der Waals surface area (Å²) in [6.45, 7) is 12.2. The van der Waals surface area contributed by atoms with Crippen LogP contribution < -0.4 is 10.1 Å². The van der Waals surface area contributed by atoms with Gasteiger partial charge in [0.25, 0.3) is 0 Å². The second-order valence-electron chi connectivity index (χ2n) is 10.4. The Kier molecular flexibility index (Phi) is 10.2. The van der Waals surface area contributed by atoms with E-state index >= 15 is 0 Å². The average molecular weight is 601 g/mol. The fraction of sp³-hybridized carbons (Fsp3) is 0.444. The monoisotopic (exact) mass is 600 g/mol.